The molecule has 0 spiro atoms. The zero-order chi connectivity index (χ0) is 12.1. The van der Waals surface area contributed by atoms with Crippen molar-refractivity contribution in [1.29, 1.82) is 0 Å². The smallest absolute Gasteiger partial charge is 0.303 e. The van der Waals surface area contributed by atoms with Gasteiger partial charge >= 0.3 is 5.97 Å². The molecule has 0 saturated heterocycles. The van der Waals surface area contributed by atoms with Gasteiger partial charge in [-0.15, -0.1) is 11.8 Å². The van der Waals surface area contributed by atoms with E-state index in [0.29, 0.717) is 6.42 Å². The molecule has 0 bridgehead atoms. The molecule has 0 heterocycles. The zero-order valence-corrected chi connectivity index (χ0v) is 11.4. The molecular weight excluding hydrogens is 268 g/mol. The quantitative estimate of drug-likeness (QED) is 0.396. The fourth-order valence-corrected chi connectivity index (χ4v) is 1.63. The van der Waals surface area contributed by atoms with Crippen LogP contribution in [0, 0.1) is 11.8 Å². The van der Waals surface area contributed by atoms with E-state index in [0.717, 1.165) is 50.3 Å². The number of aliphatic carboxylic acids is 1. The molecule has 0 rings (SSSR count). The summed E-state index contributed by atoms with van der Waals surface area (Å²) in [5.41, 5.74) is 0. The number of hydrogen-bond acceptors (Lipinski definition) is 1. The largest absolute Gasteiger partial charge is 0.481 e. The molecule has 0 aromatic heterocycles. The summed E-state index contributed by atoms with van der Waals surface area (Å²) in [5, 5.41) is 9.47. The normalized spacial score (nSPS) is 9.56. The summed E-state index contributed by atoms with van der Waals surface area (Å²) in [6.45, 7) is 0. The average Bonchev–Trinajstić information content (AvgIpc) is 2.25. The van der Waals surface area contributed by atoms with Crippen molar-refractivity contribution in [3.63, 3.8) is 0 Å². The third-order valence-corrected chi connectivity index (χ3v) is 2.81. The standard InChI is InChI=1S/C13H21BrO2/c14-12-10-8-6-4-2-1-3-5-7-9-11-13(15)16/h1-3,5,7-12H2,(H,15,16). The molecule has 3 heteroatoms. The molecule has 92 valence electrons. The van der Waals surface area contributed by atoms with Crippen LogP contribution in [0.25, 0.3) is 0 Å². The second-order valence-corrected chi connectivity index (χ2v) is 4.60. The lowest BCUT2D eigenvalue weighted by Crippen LogP contribution is -1.93. The highest BCUT2D eigenvalue weighted by Crippen LogP contribution is 2.06. The Morgan fingerprint density at radius 2 is 1.50 bits per heavy atom. The van der Waals surface area contributed by atoms with Gasteiger partial charge in [0.15, 0.2) is 0 Å². The second kappa shape index (κ2) is 12.6. The van der Waals surface area contributed by atoms with Crippen LogP contribution in [0.4, 0.5) is 0 Å². The first kappa shape index (κ1) is 15.5. The predicted molar refractivity (Wildman–Crippen MR) is 70.8 cm³/mol. The van der Waals surface area contributed by atoms with E-state index in [-0.39, 0.29) is 0 Å². The van der Waals surface area contributed by atoms with Gasteiger partial charge in [0.05, 0.1) is 0 Å². The molecule has 0 aliphatic rings. The molecular formula is C13H21BrO2. The lowest BCUT2D eigenvalue weighted by molar-refractivity contribution is -0.137. The van der Waals surface area contributed by atoms with E-state index < -0.39 is 5.97 Å². The van der Waals surface area contributed by atoms with Gasteiger partial charge in [0.1, 0.15) is 0 Å². The number of carboxylic acid groups (broad SMARTS) is 1. The summed E-state index contributed by atoms with van der Waals surface area (Å²) < 4.78 is 0. The van der Waals surface area contributed by atoms with Gasteiger partial charge in [0.25, 0.3) is 0 Å². The fraction of sp³-hybridized carbons (Fsp3) is 0.769. The van der Waals surface area contributed by atoms with Crippen molar-refractivity contribution >= 4 is 21.9 Å². The molecule has 0 aliphatic carbocycles. The number of alkyl halides is 1. The molecule has 0 radical (unpaired) electrons. The Balaban J connectivity index is 3.08. The van der Waals surface area contributed by atoms with E-state index >= 15 is 0 Å². The minimum absolute atomic E-state index is 0.312. The van der Waals surface area contributed by atoms with Crippen LogP contribution in [0.1, 0.15) is 57.8 Å². The minimum Gasteiger partial charge on any atom is -0.481 e. The summed E-state index contributed by atoms with van der Waals surface area (Å²) >= 11 is 3.37. The average molecular weight is 289 g/mol. The molecule has 2 nitrogen and oxygen atoms in total. The maximum absolute atomic E-state index is 10.2. The Morgan fingerprint density at radius 3 is 2.12 bits per heavy atom. The van der Waals surface area contributed by atoms with Crippen LogP contribution in [-0.2, 0) is 4.79 Å². The Labute approximate surface area is 107 Å². The highest BCUT2D eigenvalue weighted by Gasteiger charge is 1.95. The summed E-state index contributed by atoms with van der Waals surface area (Å²) in [6, 6.07) is 0. The maximum atomic E-state index is 10.2. The first-order chi connectivity index (χ1) is 7.77. The van der Waals surface area contributed by atoms with E-state index in [9.17, 15) is 4.79 Å². The highest BCUT2D eigenvalue weighted by atomic mass is 79.9. The Bertz CT molecular complexity index is 228. The molecule has 0 saturated carbocycles. The lowest BCUT2D eigenvalue weighted by Gasteiger charge is -1.97. The summed E-state index contributed by atoms with van der Waals surface area (Å²) in [5.74, 6) is 5.63. The second-order valence-electron chi connectivity index (χ2n) is 3.81. The number of halogens is 1. The molecule has 0 amide bonds. The van der Waals surface area contributed by atoms with E-state index in [1.54, 1.807) is 0 Å². The van der Waals surface area contributed by atoms with Crippen LogP contribution in [-0.4, -0.2) is 16.4 Å². The number of rotatable bonds is 9. The van der Waals surface area contributed by atoms with Gasteiger partial charge in [-0.25, -0.2) is 0 Å². The molecule has 16 heavy (non-hydrogen) atoms. The molecule has 0 aromatic rings. The molecule has 0 atom stereocenters. The number of carboxylic acids is 1. The summed E-state index contributed by atoms with van der Waals surface area (Å²) in [4.78, 5) is 10.2. The molecule has 1 N–H and O–H groups in total. The van der Waals surface area contributed by atoms with Gasteiger partial charge in [-0.2, -0.15) is 0 Å². The van der Waals surface area contributed by atoms with Crippen LogP contribution in [0.15, 0.2) is 0 Å². The van der Waals surface area contributed by atoms with Gasteiger partial charge < -0.3 is 5.11 Å². The van der Waals surface area contributed by atoms with E-state index in [1.807, 2.05) is 0 Å². The van der Waals surface area contributed by atoms with Crippen LogP contribution in [0.3, 0.4) is 0 Å². The molecule has 0 unspecified atom stereocenters. The van der Waals surface area contributed by atoms with Gasteiger partial charge in [-0.05, 0) is 19.3 Å². The summed E-state index contributed by atoms with van der Waals surface area (Å²) in [6.07, 6.45) is 8.71. The Kier molecular flexibility index (Phi) is 12.2. The minimum atomic E-state index is -0.683. The van der Waals surface area contributed by atoms with Crippen molar-refractivity contribution in [1.82, 2.24) is 0 Å². The van der Waals surface area contributed by atoms with Crippen molar-refractivity contribution in [2.75, 3.05) is 5.33 Å². The van der Waals surface area contributed by atoms with E-state index in [2.05, 4.69) is 27.8 Å². The van der Waals surface area contributed by atoms with Crippen LogP contribution in [0.5, 0.6) is 0 Å². The molecule has 0 aromatic carbocycles. The fourth-order valence-electron chi connectivity index (χ4n) is 1.35. The van der Waals surface area contributed by atoms with Gasteiger partial charge in [0, 0.05) is 24.6 Å². The number of carbonyl (C=O) groups is 1. The highest BCUT2D eigenvalue weighted by molar-refractivity contribution is 9.09. The van der Waals surface area contributed by atoms with Crippen molar-refractivity contribution in [3.8, 4) is 11.8 Å². The monoisotopic (exact) mass is 288 g/mol. The first-order valence-corrected chi connectivity index (χ1v) is 7.13. The summed E-state index contributed by atoms with van der Waals surface area (Å²) in [7, 11) is 0. The van der Waals surface area contributed by atoms with Gasteiger partial charge in [-0.3, -0.25) is 4.79 Å². The van der Waals surface area contributed by atoms with E-state index in [4.69, 9.17) is 5.11 Å². The Morgan fingerprint density at radius 1 is 0.938 bits per heavy atom. The predicted octanol–water partition coefficient (Wildman–Crippen LogP) is 3.98. The number of hydrogen-bond donors (Lipinski definition) is 1. The van der Waals surface area contributed by atoms with Gasteiger partial charge in [0.2, 0.25) is 0 Å². The zero-order valence-electron chi connectivity index (χ0n) is 9.80. The Hall–Kier alpha value is -0.490. The first-order valence-electron chi connectivity index (χ1n) is 6.01. The van der Waals surface area contributed by atoms with Crippen LogP contribution >= 0.6 is 15.9 Å². The SMILES string of the molecule is O=C(O)CCCCCCCC#CCCCBr. The van der Waals surface area contributed by atoms with Crippen molar-refractivity contribution in [2.24, 2.45) is 0 Å². The third-order valence-electron chi connectivity index (χ3n) is 2.25. The van der Waals surface area contributed by atoms with Crippen molar-refractivity contribution in [2.45, 2.75) is 57.8 Å². The van der Waals surface area contributed by atoms with Crippen molar-refractivity contribution in [3.05, 3.63) is 0 Å². The number of unbranched alkanes of at least 4 members (excludes halogenated alkanes) is 6. The van der Waals surface area contributed by atoms with Gasteiger partial charge in [-0.1, -0.05) is 35.2 Å². The maximum Gasteiger partial charge on any atom is 0.303 e. The van der Waals surface area contributed by atoms with Crippen LogP contribution < -0.4 is 0 Å². The lowest BCUT2D eigenvalue weighted by atomic mass is 10.1. The van der Waals surface area contributed by atoms with Crippen LogP contribution in [0.2, 0.25) is 0 Å². The molecule has 0 fully saturated rings. The molecule has 0 aliphatic heterocycles. The van der Waals surface area contributed by atoms with E-state index in [1.165, 1.54) is 6.42 Å². The van der Waals surface area contributed by atoms with Crippen molar-refractivity contribution < 1.29 is 9.90 Å². The third kappa shape index (κ3) is 13.5. The topological polar surface area (TPSA) is 37.3 Å².